The van der Waals surface area contributed by atoms with Crippen LogP contribution in [0.15, 0.2) is 47.1 Å². The van der Waals surface area contributed by atoms with E-state index in [1.54, 1.807) is 36.3 Å². The molecule has 1 aromatic carbocycles. The monoisotopic (exact) mass is 374 g/mol. The minimum atomic E-state index is -0.315. The van der Waals surface area contributed by atoms with Crippen LogP contribution in [0, 0.1) is 6.92 Å². The van der Waals surface area contributed by atoms with Crippen LogP contribution in [0.3, 0.4) is 0 Å². The van der Waals surface area contributed by atoms with Crippen molar-refractivity contribution in [1.29, 1.82) is 0 Å². The topological polar surface area (TPSA) is 71.8 Å². The molecule has 0 saturated carbocycles. The summed E-state index contributed by atoms with van der Waals surface area (Å²) < 4.78 is 10.3. The van der Waals surface area contributed by atoms with Crippen LogP contribution in [-0.4, -0.2) is 35.0 Å². The first kappa shape index (κ1) is 19.7. The van der Waals surface area contributed by atoms with Crippen molar-refractivity contribution in [2.24, 2.45) is 0 Å². The van der Waals surface area contributed by atoms with Gasteiger partial charge in [-0.15, -0.1) is 0 Å². The van der Waals surface area contributed by atoms with E-state index in [1.807, 2.05) is 25.1 Å². The van der Waals surface area contributed by atoms with Crippen molar-refractivity contribution in [3.63, 3.8) is 0 Å². The van der Waals surface area contributed by atoms with Gasteiger partial charge in [0, 0.05) is 12.1 Å². The van der Waals surface area contributed by atoms with Crippen molar-refractivity contribution in [3.8, 4) is 0 Å². The third kappa shape index (κ3) is 6.00. The Labute approximate surface area is 158 Å². The molecule has 2 rings (SSSR count). The summed E-state index contributed by atoms with van der Waals surface area (Å²) in [7, 11) is 0. The number of esters is 1. The van der Waals surface area contributed by atoms with Gasteiger partial charge in [0.1, 0.15) is 5.76 Å². The smallest absolute Gasteiger partial charge is 0.307 e. The van der Waals surface area contributed by atoms with E-state index in [2.05, 4.69) is 5.32 Å². The lowest BCUT2D eigenvalue weighted by Gasteiger charge is -2.24. The normalized spacial score (nSPS) is 10.2. The van der Waals surface area contributed by atoms with Crippen molar-refractivity contribution < 1.29 is 18.7 Å². The van der Waals surface area contributed by atoms with E-state index < -0.39 is 0 Å². The third-order valence-corrected chi connectivity index (χ3v) is 4.00. The second-order valence-electron chi connectivity index (χ2n) is 5.68. The average Bonchev–Trinajstić information content (AvgIpc) is 3.12. The van der Waals surface area contributed by atoms with Gasteiger partial charge in [-0.1, -0.05) is 17.7 Å². The summed E-state index contributed by atoms with van der Waals surface area (Å²) in [6, 6.07) is 10.8. The number of ether oxygens (including phenoxy) is 1. The molecule has 1 aromatic heterocycles. The lowest BCUT2D eigenvalue weighted by Crippen LogP contribution is -2.43. The zero-order valence-corrected chi connectivity index (χ0v) is 15.7. The Morgan fingerprint density at radius 1 is 1.23 bits per heavy atom. The van der Waals surface area contributed by atoms with Crippen LogP contribution in [0.1, 0.15) is 35.0 Å². The highest BCUT2D eigenvalue weighted by Crippen LogP contribution is 2.08. The summed E-state index contributed by atoms with van der Waals surface area (Å²) in [5.41, 5.74) is 1.58. The fourth-order valence-corrected chi connectivity index (χ4v) is 2.50. The zero-order valence-electron chi connectivity index (χ0n) is 14.9. The number of aryl methyl sites for hydroxylation is 1. The highest BCUT2D eigenvalue weighted by atomic mass is 32.1. The number of carbonyl (C=O) groups excluding carboxylic acids is 2. The van der Waals surface area contributed by atoms with E-state index in [4.69, 9.17) is 21.4 Å². The van der Waals surface area contributed by atoms with Crippen LogP contribution < -0.4 is 5.32 Å². The summed E-state index contributed by atoms with van der Waals surface area (Å²) in [5.74, 6) is 0.0704. The maximum atomic E-state index is 12.4. The first-order chi connectivity index (χ1) is 12.5. The molecule has 2 aromatic rings. The molecule has 1 heterocycles. The van der Waals surface area contributed by atoms with Crippen LogP contribution in [0.25, 0.3) is 0 Å². The number of thiocarbonyl (C=S) groups is 1. The van der Waals surface area contributed by atoms with Gasteiger partial charge in [0.25, 0.3) is 5.91 Å². The summed E-state index contributed by atoms with van der Waals surface area (Å²) in [6.45, 7) is 4.69. The van der Waals surface area contributed by atoms with Gasteiger partial charge in [-0.2, -0.15) is 0 Å². The molecular weight excluding hydrogens is 352 g/mol. The summed E-state index contributed by atoms with van der Waals surface area (Å²) in [6.07, 6.45) is 1.72. The van der Waals surface area contributed by atoms with Crippen molar-refractivity contribution >= 4 is 29.2 Å². The summed E-state index contributed by atoms with van der Waals surface area (Å²) >= 11 is 5.37. The Kier molecular flexibility index (Phi) is 7.35. The quantitative estimate of drug-likeness (QED) is 0.593. The molecule has 0 fully saturated rings. The predicted octanol–water partition coefficient (Wildman–Crippen LogP) is 3.06. The second-order valence-corrected chi connectivity index (χ2v) is 6.07. The molecule has 138 valence electrons. The number of hydrogen-bond donors (Lipinski definition) is 1. The Morgan fingerprint density at radius 2 is 1.96 bits per heavy atom. The molecule has 7 heteroatoms. The van der Waals surface area contributed by atoms with Gasteiger partial charge < -0.3 is 14.1 Å². The minimum absolute atomic E-state index is 0.162. The van der Waals surface area contributed by atoms with Crippen molar-refractivity contribution in [2.45, 2.75) is 26.8 Å². The van der Waals surface area contributed by atoms with Gasteiger partial charge in [0.2, 0.25) is 0 Å². The second kappa shape index (κ2) is 9.72. The van der Waals surface area contributed by atoms with E-state index in [0.29, 0.717) is 31.0 Å². The van der Waals surface area contributed by atoms with Crippen molar-refractivity contribution in [2.75, 3.05) is 13.2 Å². The first-order valence-corrected chi connectivity index (χ1v) is 8.75. The fraction of sp³-hybridized carbons (Fsp3) is 0.316. The summed E-state index contributed by atoms with van der Waals surface area (Å²) in [5, 5.41) is 2.94. The van der Waals surface area contributed by atoms with Crippen molar-refractivity contribution in [1.82, 2.24) is 10.2 Å². The van der Waals surface area contributed by atoms with Crippen molar-refractivity contribution in [3.05, 3.63) is 59.5 Å². The van der Waals surface area contributed by atoms with Gasteiger partial charge in [0.05, 0.1) is 25.8 Å². The first-order valence-electron chi connectivity index (χ1n) is 8.34. The minimum Gasteiger partial charge on any atom is -0.467 e. The molecule has 0 spiro atoms. The number of benzene rings is 1. The Morgan fingerprint density at radius 3 is 2.58 bits per heavy atom. The lowest BCUT2D eigenvalue weighted by atomic mass is 10.1. The Hall–Kier alpha value is -2.67. The number of carbonyl (C=O) groups is 2. The van der Waals surface area contributed by atoms with Gasteiger partial charge in [0.15, 0.2) is 5.11 Å². The average molecular weight is 374 g/mol. The highest BCUT2D eigenvalue weighted by molar-refractivity contribution is 7.80. The maximum absolute atomic E-state index is 12.4. The number of amides is 1. The molecule has 0 unspecified atom stereocenters. The fourth-order valence-electron chi connectivity index (χ4n) is 2.26. The molecule has 0 aliphatic rings. The zero-order chi connectivity index (χ0) is 18.9. The highest BCUT2D eigenvalue weighted by Gasteiger charge is 2.17. The molecule has 0 atom stereocenters. The standard InChI is InChI=1S/C19H22N2O4S/c1-3-24-17(22)10-11-21(13-16-5-4-12-25-16)19(26)20-18(23)15-8-6-14(2)7-9-15/h4-9,12H,3,10-11,13H2,1-2H3,(H,20,23,26). The molecule has 0 aliphatic carbocycles. The van der Waals surface area contributed by atoms with Gasteiger partial charge in [-0.05, 0) is 50.3 Å². The molecule has 0 bridgehead atoms. The predicted molar refractivity (Wildman–Crippen MR) is 102 cm³/mol. The Bertz CT molecular complexity index is 741. The van der Waals surface area contributed by atoms with Crippen LogP contribution in [-0.2, 0) is 16.1 Å². The van der Waals surface area contributed by atoms with Gasteiger partial charge >= 0.3 is 5.97 Å². The number of rotatable bonds is 7. The van der Waals surface area contributed by atoms with E-state index in [9.17, 15) is 9.59 Å². The molecule has 26 heavy (non-hydrogen) atoms. The molecule has 0 aliphatic heterocycles. The van der Waals surface area contributed by atoms with E-state index in [0.717, 1.165) is 5.56 Å². The molecule has 0 radical (unpaired) electrons. The van der Waals surface area contributed by atoms with E-state index in [-0.39, 0.29) is 23.4 Å². The number of nitrogens with zero attached hydrogens (tertiary/aromatic N) is 1. The Balaban J connectivity index is 2.02. The SMILES string of the molecule is CCOC(=O)CCN(Cc1ccco1)C(=S)NC(=O)c1ccc(C)cc1. The number of nitrogens with one attached hydrogen (secondary N) is 1. The number of furan rings is 1. The van der Waals surface area contributed by atoms with Crippen LogP contribution in [0.5, 0.6) is 0 Å². The molecule has 6 nitrogen and oxygen atoms in total. The van der Waals surface area contributed by atoms with Crippen LogP contribution in [0.2, 0.25) is 0 Å². The third-order valence-electron chi connectivity index (χ3n) is 3.64. The molecular formula is C19H22N2O4S. The van der Waals surface area contributed by atoms with Gasteiger partial charge in [-0.3, -0.25) is 14.9 Å². The van der Waals surface area contributed by atoms with Gasteiger partial charge in [-0.25, -0.2) is 0 Å². The van der Waals surface area contributed by atoms with E-state index in [1.165, 1.54) is 0 Å². The summed E-state index contributed by atoms with van der Waals surface area (Å²) in [4.78, 5) is 25.7. The largest absolute Gasteiger partial charge is 0.467 e. The van der Waals surface area contributed by atoms with E-state index >= 15 is 0 Å². The molecule has 0 saturated heterocycles. The lowest BCUT2D eigenvalue weighted by molar-refractivity contribution is -0.143. The maximum Gasteiger partial charge on any atom is 0.307 e. The van der Waals surface area contributed by atoms with Crippen LogP contribution >= 0.6 is 12.2 Å². The molecule has 1 amide bonds. The number of hydrogen-bond acceptors (Lipinski definition) is 5. The van der Waals surface area contributed by atoms with Crippen LogP contribution in [0.4, 0.5) is 0 Å². The molecule has 1 N–H and O–H groups in total.